The Labute approximate surface area is 45.5 Å². The van der Waals surface area contributed by atoms with Gasteiger partial charge in [0.2, 0.25) is 0 Å². The SMILES string of the molecule is [B]C1CCCCO1. The average molecular weight is 95.9 g/mol. The number of hydrogen-bond donors (Lipinski definition) is 0. The largest absolute Gasteiger partial charge is 0.388 e. The molecule has 1 aliphatic rings. The van der Waals surface area contributed by atoms with Gasteiger partial charge in [0.1, 0.15) is 7.85 Å². The molecule has 1 rings (SSSR count). The minimum Gasteiger partial charge on any atom is -0.388 e. The summed E-state index contributed by atoms with van der Waals surface area (Å²) in [7, 11) is 5.41. The van der Waals surface area contributed by atoms with Crippen LogP contribution in [0.1, 0.15) is 19.3 Å². The van der Waals surface area contributed by atoms with Gasteiger partial charge in [-0.15, -0.1) is 0 Å². The lowest BCUT2D eigenvalue weighted by Crippen LogP contribution is -2.18. The van der Waals surface area contributed by atoms with Gasteiger partial charge < -0.3 is 4.74 Å². The quantitative estimate of drug-likeness (QED) is 0.403. The van der Waals surface area contributed by atoms with Crippen LogP contribution in [0.25, 0.3) is 0 Å². The van der Waals surface area contributed by atoms with Crippen molar-refractivity contribution in [1.82, 2.24) is 0 Å². The first-order chi connectivity index (χ1) is 3.39. The molecule has 0 aromatic heterocycles. The molecule has 0 N–H and O–H groups in total. The van der Waals surface area contributed by atoms with Gasteiger partial charge in [-0.2, -0.15) is 0 Å². The van der Waals surface area contributed by atoms with E-state index in [1.165, 1.54) is 12.8 Å². The molecule has 2 heteroatoms. The van der Waals surface area contributed by atoms with Crippen molar-refractivity contribution >= 4 is 7.85 Å². The first kappa shape index (κ1) is 5.17. The highest BCUT2D eigenvalue weighted by molar-refractivity contribution is 6.10. The summed E-state index contributed by atoms with van der Waals surface area (Å²) in [6, 6.07) is 0.0359. The Bertz CT molecular complexity index is 50.0. The zero-order valence-corrected chi connectivity index (χ0v) is 4.39. The molecule has 0 amide bonds. The molecule has 1 heterocycles. The Hall–Kier alpha value is 0.0249. The zero-order chi connectivity index (χ0) is 5.11. The van der Waals surface area contributed by atoms with Crippen molar-refractivity contribution in [2.45, 2.75) is 25.3 Å². The van der Waals surface area contributed by atoms with Crippen molar-refractivity contribution in [2.75, 3.05) is 6.61 Å². The fourth-order valence-corrected chi connectivity index (χ4v) is 0.766. The van der Waals surface area contributed by atoms with Crippen LogP contribution in [0.2, 0.25) is 0 Å². The van der Waals surface area contributed by atoms with Crippen LogP contribution in [0.5, 0.6) is 0 Å². The number of rotatable bonds is 0. The van der Waals surface area contributed by atoms with E-state index >= 15 is 0 Å². The van der Waals surface area contributed by atoms with Crippen molar-refractivity contribution in [3.8, 4) is 0 Å². The van der Waals surface area contributed by atoms with Crippen molar-refractivity contribution < 1.29 is 4.74 Å². The molecule has 0 spiro atoms. The molecule has 0 bridgehead atoms. The summed E-state index contributed by atoms with van der Waals surface area (Å²) in [5.41, 5.74) is 0. The minimum atomic E-state index is 0.0359. The maximum Gasteiger partial charge on any atom is 0.108 e. The lowest BCUT2D eigenvalue weighted by Gasteiger charge is -2.17. The molecule has 1 saturated heterocycles. The van der Waals surface area contributed by atoms with Gasteiger partial charge in [-0.05, 0) is 19.3 Å². The fourth-order valence-electron chi connectivity index (χ4n) is 0.766. The highest BCUT2D eigenvalue weighted by atomic mass is 16.5. The molecule has 7 heavy (non-hydrogen) atoms. The van der Waals surface area contributed by atoms with Crippen molar-refractivity contribution in [1.29, 1.82) is 0 Å². The summed E-state index contributed by atoms with van der Waals surface area (Å²) in [4.78, 5) is 0. The van der Waals surface area contributed by atoms with Gasteiger partial charge >= 0.3 is 0 Å². The lowest BCUT2D eigenvalue weighted by atomic mass is 9.93. The minimum absolute atomic E-state index is 0.0359. The summed E-state index contributed by atoms with van der Waals surface area (Å²) < 4.78 is 5.06. The first-order valence-electron chi connectivity index (χ1n) is 2.77. The maximum absolute atomic E-state index is 5.41. The first-order valence-corrected chi connectivity index (χ1v) is 2.77. The Morgan fingerprint density at radius 3 is 2.57 bits per heavy atom. The van der Waals surface area contributed by atoms with Crippen LogP contribution in [-0.2, 0) is 4.74 Å². The second kappa shape index (κ2) is 2.36. The van der Waals surface area contributed by atoms with Gasteiger partial charge in [0.25, 0.3) is 0 Å². The third kappa shape index (κ3) is 1.52. The zero-order valence-electron chi connectivity index (χ0n) is 4.39. The molecule has 2 radical (unpaired) electrons. The number of hydrogen-bond acceptors (Lipinski definition) is 1. The second-order valence-electron chi connectivity index (χ2n) is 1.91. The van der Waals surface area contributed by atoms with Gasteiger partial charge in [-0.25, -0.2) is 0 Å². The summed E-state index contributed by atoms with van der Waals surface area (Å²) in [5.74, 6) is 0. The van der Waals surface area contributed by atoms with E-state index in [2.05, 4.69) is 0 Å². The summed E-state index contributed by atoms with van der Waals surface area (Å²) in [5, 5.41) is 0. The molecular formula is C5H9BO. The van der Waals surface area contributed by atoms with Gasteiger partial charge in [0.15, 0.2) is 0 Å². The molecule has 1 aliphatic heterocycles. The average Bonchev–Trinajstić information content (AvgIpc) is 1.69. The van der Waals surface area contributed by atoms with E-state index < -0.39 is 0 Å². The van der Waals surface area contributed by atoms with Crippen molar-refractivity contribution in [3.05, 3.63) is 0 Å². The van der Waals surface area contributed by atoms with E-state index in [1.807, 2.05) is 0 Å². The predicted molar refractivity (Wildman–Crippen MR) is 29.3 cm³/mol. The smallest absolute Gasteiger partial charge is 0.108 e. The summed E-state index contributed by atoms with van der Waals surface area (Å²) in [6.45, 7) is 0.862. The molecule has 0 aliphatic carbocycles. The van der Waals surface area contributed by atoms with Crippen LogP contribution in [0.3, 0.4) is 0 Å². The maximum atomic E-state index is 5.41. The predicted octanol–water partition coefficient (Wildman–Crippen LogP) is 0.681. The summed E-state index contributed by atoms with van der Waals surface area (Å²) >= 11 is 0. The van der Waals surface area contributed by atoms with E-state index in [0.717, 1.165) is 13.0 Å². The van der Waals surface area contributed by atoms with Crippen LogP contribution in [0, 0.1) is 0 Å². The van der Waals surface area contributed by atoms with Gasteiger partial charge in [0.05, 0.1) is 0 Å². The molecular weight excluding hydrogens is 86.9 g/mol. The van der Waals surface area contributed by atoms with E-state index in [1.54, 1.807) is 0 Å². The monoisotopic (exact) mass is 96.1 g/mol. The van der Waals surface area contributed by atoms with Crippen LogP contribution >= 0.6 is 0 Å². The molecule has 38 valence electrons. The highest BCUT2D eigenvalue weighted by Crippen LogP contribution is 2.08. The molecule has 1 nitrogen and oxygen atoms in total. The highest BCUT2D eigenvalue weighted by Gasteiger charge is 2.05. The van der Waals surface area contributed by atoms with E-state index in [0.29, 0.717) is 0 Å². The Morgan fingerprint density at radius 1 is 1.43 bits per heavy atom. The lowest BCUT2D eigenvalue weighted by molar-refractivity contribution is 0.0675. The van der Waals surface area contributed by atoms with Crippen molar-refractivity contribution in [3.63, 3.8) is 0 Å². The fraction of sp³-hybridized carbons (Fsp3) is 1.00. The molecule has 0 aromatic rings. The molecule has 1 fully saturated rings. The van der Waals surface area contributed by atoms with Gasteiger partial charge in [0, 0.05) is 12.6 Å². The normalized spacial score (nSPS) is 32.9. The molecule has 0 saturated carbocycles. The standard InChI is InChI=1S/C5H9BO/c6-5-3-1-2-4-7-5/h5H,1-4H2. The Kier molecular flexibility index (Phi) is 1.74. The molecule has 1 unspecified atom stereocenters. The van der Waals surface area contributed by atoms with E-state index in [-0.39, 0.29) is 6.00 Å². The van der Waals surface area contributed by atoms with Gasteiger partial charge in [-0.3, -0.25) is 0 Å². The Morgan fingerprint density at radius 2 is 2.29 bits per heavy atom. The third-order valence-electron chi connectivity index (χ3n) is 1.21. The van der Waals surface area contributed by atoms with E-state index in [4.69, 9.17) is 12.6 Å². The number of ether oxygens (including phenoxy) is 1. The van der Waals surface area contributed by atoms with E-state index in [9.17, 15) is 0 Å². The van der Waals surface area contributed by atoms with Gasteiger partial charge in [-0.1, -0.05) is 0 Å². The van der Waals surface area contributed by atoms with Crippen LogP contribution in [0.4, 0.5) is 0 Å². The second-order valence-corrected chi connectivity index (χ2v) is 1.91. The molecule has 1 atom stereocenters. The van der Waals surface area contributed by atoms with Crippen LogP contribution in [0.15, 0.2) is 0 Å². The topological polar surface area (TPSA) is 9.23 Å². The van der Waals surface area contributed by atoms with Crippen LogP contribution < -0.4 is 0 Å². The summed E-state index contributed by atoms with van der Waals surface area (Å²) in [6.07, 6.45) is 3.47. The molecule has 0 aromatic carbocycles. The van der Waals surface area contributed by atoms with Crippen LogP contribution in [-0.4, -0.2) is 20.5 Å². The Balaban J connectivity index is 2.12. The van der Waals surface area contributed by atoms with Crippen molar-refractivity contribution in [2.24, 2.45) is 0 Å². The third-order valence-corrected chi connectivity index (χ3v) is 1.21.